The average Bonchev–Trinajstić information content (AvgIpc) is 3.24. The van der Waals surface area contributed by atoms with Crippen molar-refractivity contribution in [2.45, 2.75) is 33.7 Å². The highest BCUT2D eigenvalue weighted by Gasteiger charge is 2.38. The number of nitrogens with one attached hydrogen (secondary N) is 1. The first-order chi connectivity index (χ1) is 15.8. The molecule has 0 saturated heterocycles. The molecular formula is C24H26N6O3. The molecule has 9 nitrogen and oxygen atoms in total. The predicted octanol–water partition coefficient (Wildman–Crippen LogP) is 3.48. The van der Waals surface area contributed by atoms with Crippen molar-refractivity contribution in [1.29, 1.82) is 0 Å². The van der Waals surface area contributed by atoms with Crippen molar-refractivity contribution in [2.24, 2.45) is 0 Å². The number of esters is 1. The Morgan fingerprint density at radius 3 is 2.39 bits per heavy atom. The first-order valence-corrected chi connectivity index (χ1v) is 10.7. The minimum atomic E-state index is -0.748. The lowest BCUT2D eigenvalue weighted by molar-refractivity contribution is -0.136. The Kier molecular flexibility index (Phi) is 5.95. The van der Waals surface area contributed by atoms with Gasteiger partial charge in [-0.25, -0.2) is 24.2 Å². The highest BCUT2D eigenvalue weighted by Crippen LogP contribution is 2.36. The van der Waals surface area contributed by atoms with Gasteiger partial charge in [-0.2, -0.15) is 5.10 Å². The molecule has 2 amide bonds. The molecule has 0 bridgehead atoms. The normalized spacial score (nSPS) is 16.1. The smallest absolute Gasteiger partial charge is 0.337 e. The maximum Gasteiger partial charge on any atom is 0.337 e. The summed E-state index contributed by atoms with van der Waals surface area (Å²) in [7, 11) is 1.33. The van der Waals surface area contributed by atoms with E-state index in [1.165, 1.54) is 12.0 Å². The van der Waals surface area contributed by atoms with Crippen LogP contribution in [0.2, 0.25) is 0 Å². The molecular weight excluding hydrogens is 420 g/mol. The fourth-order valence-electron chi connectivity index (χ4n) is 4.10. The first kappa shape index (κ1) is 22.2. The zero-order valence-electron chi connectivity index (χ0n) is 19.3. The summed E-state index contributed by atoms with van der Waals surface area (Å²) < 4.78 is 6.67. The number of aryl methyl sites for hydroxylation is 2. The molecule has 2 aromatic heterocycles. The molecule has 33 heavy (non-hydrogen) atoms. The van der Waals surface area contributed by atoms with E-state index in [0.29, 0.717) is 35.0 Å². The van der Waals surface area contributed by atoms with Crippen LogP contribution in [0.5, 0.6) is 0 Å². The standard InChI is InChI=1S/C24H26N6O3/c1-6-29-16(4)19(22(31)33-5)21(27-24(29)32)18-13-30(23-25-14(2)12-15(3)26-23)28-20(18)17-10-8-7-9-11-17/h7-13,21H,6H2,1-5H3,(H,27,32). The molecule has 0 fully saturated rings. The van der Waals surface area contributed by atoms with Gasteiger partial charge < -0.3 is 10.1 Å². The summed E-state index contributed by atoms with van der Waals surface area (Å²) >= 11 is 0. The van der Waals surface area contributed by atoms with Crippen molar-refractivity contribution >= 4 is 12.0 Å². The number of carbonyl (C=O) groups is 2. The lowest BCUT2D eigenvalue weighted by Crippen LogP contribution is -2.47. The number of hydrogen-bond donors (Lipinski definition) is 1. The third-order valence-corrected chi connectivity index (χ3v) is 5.59. The van der Waals surface area contributed by atoms with Crippen LogP contribution in [-0.2, 0) is 9.53 Å². The van der Waals surface area contributed by atoms with E-state index in [4.69, 9.17) is 9.84 Å². The van der Waals surface area contributed by atoms with E-state index < -0.39 is 12.0 Å². The van der Waals surface area contributed by atoms with Gasteiger partial charge in [-0.3, -0.25) is 4.90 Å². The maximum atomic E-state index is 12.9. The highest BCUT2D eigenvalue weighted by molar-refractivity contribution is 5.95. The van der Waals surface area contributed by atoms with Crippen molar-refractivity contribution < 1.29 is 14.3 Å². The number of amides is 2. The van der Waals surface area contributed by atoms with Crippen LogP contribution < -0.4 is 5.32 Å². The topological polar surface area (TPSA) is 102 Å². The Hall–Kier alpha value is -4.01. The molecule has 1 atom stereocenters. The predicted molar refractivity (Wildman–Crippen MR) is 122 cm³/mol. The van der Waals surface area contributed by atoms with E-state index in [1.807, 2.05) is 57.2 Å². The van der Waals surface area contributed by atoms with E-state index in [1.54, 1.807) is 17.8 Å². The van der Waals surface area contributed by atoms with Crippen LogP contribution in [0.15, 0.2) is 53.9 Å². The maximum absolute atomic E-state index is 12.9. The Labute approximate surface area is 192 Å². The molecule has 1 N–H and O–H groups in total. The molecule has 3 heterocycles. The van der Waals surface area contributed by atoms with E-state index in [2.05, 4.69) is 15.3 Å². The largest absolute Gasteiger partial charge is 0.466 e. The van der Waals surface area contributed by atoms with Gasteiger partial charge in [0.2, 0.25) is 0 Å². The van der Waals surface area contributed by atoms with Crippen LogP contribution in [0, 0.1) is 13.8 Å². The average molecular weight is 447 g/mol. The summed E-state index contributed by atoms with van der Waals surface area (Å²) in [6, 6.07) is 10.4. The van der Waals surface area contributed by atoms with Gasteiger partial charge in [-0.05, 0) is 33.8 Å². The molecule has 1 aliphatic rings. The summed E-state index contributed by atoms with van der Waals surface area (Å²) in [5, 5.41) is 7.73. The van der Waals surface area contributed by atoms with E-state index >= 15 is 0 Å². The fraction of sp³-hybridized carbons (Fsp3) is 0.292. The number of urea groups is 1. The Morgan fingerprint density at radius 1 is 1.12 bits per heavy atom. The molecule has 1 aromatic carbocycles. The molecule has 170 valence electrons. The van der Waals surface area contributed by atoms with Crippen LogP contribution in [0.3, 0.4) is 0 Å². The van der Waals surface area contributed by atoms with Gasteiger partial charge in [-0.1, -0.05) is 30.3 Å². The van der Waals surface area contributed by atoms with E-state index in [9.17, 15) is 9.59 Å². The molecule has 1 aliphatic heterocycles. The summed E-state index contributed by atoms with van der Waals surface area (Å²) in [6.45, 7) is 7.81. The lowest BCUT2D eigenvalue weighted by Gasteiger charge is -2.34. The number of hydrogen-bond acceptors (Lipinski definition) is 6. The molecule has 0 aliphatic carbocycles. The summed E-state index contributed by atoms with van der Waals surface area (Å²) in [5.74, 6) is -0.0982. The van der Waals surface area contributed by atoms with Gasteiger partial charge in [0.1, 0.15) is 0 Å². The zero-order chi connectivity index (χ0) is 23.7. The zero-order valence-corrected chi connectivity index (χ0v) is 19.3. The minimum absolute atomic E-state index is 0.290. The van der Waals surface area contributed by atoms with Gasteiger partial charge >= 0.3 is 12.0 Å². The SMILES string of the molecule is CCN1C(=O)NC(c2cn(-c3nc(C)cc(C)n3)nc2-c2ccccc2)C(C(=O)OC)=C1C. The van der Waals surface area contributed by atoms with Crippen molar-refractivity contribution in [3.05, 3.63) is 70.8 Å². The molecule has 1 unspecified atom stereocenters. The van der Waals surface area contributed by atoms with Gasteiger partial charge in [-0.15, -0.1) is 0 Å². The van der Waals surface area contributed by atoms with Crippen molar-refractivity contribution in [1.82, 2.24) is 30.0 Å². The van der Waals surface area contributed by atoms with E-state index in [-0.39, 0.29) is 6.03 Å². The van der Waals surface area contributed by atoms with Crippen molar-refractivity contribution in [3.8, 4) is 17.2 Å². The summed E-state index contributed by atoms with van der Waals surface area (Å²) in [5.41, 5.74) is 4.63. The number of allylic oxidation sites excluding steroid dienone is 1. The van der Waals surface area contributed by atoms with Crippen molar-refractivity contribution in [3.63, 3.8) is 0 Å². The number of ether oxygens (including phenoxy) is 1. The van der Waals surface area contributed by atoms with Crippen molar-refractivity contribution in [2.75, 3.05) is 13.7 Å². The Bertz CT molecular complexity index is 1230. The highest BCUT2D eigenvalue weighted by atomic mass is 16.5. The number of nitrogens with zero attached hydrogens (tertiary/aromatic N) is 5. The molecule has 0 spiro atoms. The van der Waals surface area contributed by atoms with Crippen LogP contribution in [0.1, 0.15) is 36.8 Å². The molecule has 9 heteroatoms. The quantitative estimate of drug-likeness (QED) is 0.602. The minimum Gasteiger partial charge on any atom is -0.466 e. The monoisotopic (exact) mass is 446 g/mol. The van der Waals surface area contributed by atoms with Crippen LogP contribution >= 0.6 is 0 Å². The number of benzene rings is 1. The Balaban J connectivity index is 1.95. The van der Waals surface area contributed by atoms with E-state index in [0.717, 1.165) is 17.0 Å². The second-order valence-corrected chi connectivity index (χ2v) is 7.81. The van der Waals surface area contributed by atoms with Gasteiger partial charge in [0.15, 0.2) is 0 Å². The third kappa shape index (κ3) is 4.09. The lowest BCUT2D eigenvalue weighted by atomic mass is 9.93. The van der Waals surface area contributed by atoms with Gasteiger partial charge in [0.05, 0.1) is 24.4 Å². The van der Waals surface area contributed by atoms with Crippen LogP contribution in [-0.4, -0.2) is 50.3 Å². The second kappa shape index (κ2) is 8.85. The first-order valence-electron chi connectivity index (χ1n) is 10.7. The summed E-state index contributed by atoms with van der Waals surface area (Å²) in [6.07, 6.45) is 1.76. The molecule has 0 saturated carbocycles. The van der Waals surface area contributed by atoms with Gasteiger partial charge in [0.25, 0.3) is 5.95 Å². The number of rotatable bonds is 5. The summed E-state index contributed by atoms with van der Waals surface area (Å²) in [4.78, 5) is 36.2. The van der Waals surface area contributed by atoms with Gasteiger partial charge in [0, 0.05) is 41.0 Å². The molecule has 0 radical (unpaired) electrons. The number of methoxy groups -OCH3 is 1. The molecule has 3 aromatic rings. The molecule has 4 rings (SSSR count). The number of aromatic nitrogens is 4. The number of carbonyl (C=O) groups excluding carboxylic acids is 2. The Morgan fingerprint density at radius 2 is 1.79 bits per heavy atom. The fourth-order valence-corrected chi connectivity index (χ4v) is 4.10. The van der Waals surface area contributed by atoms with Crippen LogP contribution in [0.4, 0.5) is 4.79 Å². The second-order valence-electron chi connectivity index (χ2n) is 7.81. The van der Waals surface area contributed by atoms with Crippen LogP contribution in [0.25, 0.3) is 17.2 Å². The third-order valence-electron chi connectivity index (χ3n) is 5.59.